The molecule has 6 heteroatoms. The van der Waals surface area contributed by atoms with Crippen LogP contribution in [0.1, 0.15) is 11.1 Å². The molecule has 0 fully saturated rings. The van der Waals surface area contributed by atoms with Gasteiger partial charge in [-0.1, -0.05) is 12.1 Å². The highest BCUT2D eigenvalue weighted by Crippen LogP contribution is 2.38. The molecule has 0 saturated carbocycles. The number of nitrogens with zero attached hydrogens (tertiary/aromatic N) is 1. The maximum absolute atomic E-state index is 12.9. The van der Waals surface area contributed by atoms with Gasteiger partial charge in [0.25, 0.3) is 0 Å². The minimum atomic E-state index is -4.51. The van der Waals surface area contributed by atoms with Crippen LogP contribution in [-0.2, 0) is 6.18 Å². The van der Waals surface area contributed by atoms with Crippen molar-refractivity contribution in [2.45, 2.75) is 6.18 Å². The fraction of sp³-hybridized carbons (Fsp3) is 0.133. The van der Waals surface area contributed by atoms with Gasteiger partial charge in [0.15, 0.2) is 0 Å². The van der Waals surface area contributed by atoms with E-state index in [0.29, 0.717) is 21.3 Å². The molecule has 21 heavy (non-hydrogen) atoms. The molecule has 0 spiro atoms. The fourth-order valence-corrected chi connectivity index (χ4v) is 2.40. The Hall–Kier alpha value is -2.00. The van der Waals surface area contributed by atoms with E-state index in [2.05, 4.69) is 15.9 Å². The van der Waals surface area contributed by atoms with Crippen LogP contribution in [-0.4, -0.2) is 7.11 Å². The monoisotopic (exact) mass is 355 g/mol. The number of ether oxygens (including phenoxy) is 1. The summed E-state index contributed by atoms with van der Waals surface area (Å²) in [4.78, 5) is 0. The molecule has 0 radical (unpaired) electrons. The van der Waals surface area contributed by atoms with E-state index in [4.69, 9.17) is 10.00 Å². The van der Waals surface area contributed by atoms with Crippen molar-refractivity contribution in [1.29, 1.82) is 5.26 Å². The van der Waals surface area contributed by atoms with Crippen LogP contribution in [0.25, 0.3) is 11.1 Å². The molecule has 0 saturated heterocycles. The van der Waals surface area contributed by atoms with Gasteiger partial charge in [-0.15, -0.1) is 0 Å². The molecule has 2 nitrogen and oxygen atoms in total. The van der Waals surface area contributed by atoms with E-state index < -0.39 is 11.7 Å². The average Bonchev–Trinajstić information content (AvgIpc) is 2.46. The minimum absolute atomic E-state index is 0.0596. The summed E-state index contributed by atoms with van der Waals surface area (Å²) in [5.41, 5.74) is -0.0435. The molecule has 0 unspecified atom stereocenters. The van der Waals surface area contributed by atoms with Gasteiger partial charge in [-0.3, -0.25) is 0 Å². The Bertz CT molecular complexity index is 703. The normalized spacial score (nSPS) is 11.0. The van der Waals surface area contributed by atoms with Gasteiger partial charge in [0.05, 0.1) is 18.2 Å². The van der Waals surface area contributed by atoms with Gasteiger partial charge in [0, 0.05) is 4.47 Å². The van der Waals surface area contributed by atoms with Gasteiger partial charge in [0.1, 0.15) is 11.8 Å². The summed E-state index contributed by atoms with van der Waals surface area (Å²) < 4.78 is 44.1. The first kappa shape index (κ1) is 15.4. The van der Waals surface area contributed by atoms with Crippen LogP contribution in [0, 0.1) is 11.3 Å². The van der Waals surface area contributed by atoms with E-state index in [0.717, 1.165) is 12.1 Å². The molecule has 0 bridgehead atoms. The lowest BCUT2D eigenvalue weighted by Gasteiger charge is -2.13. The molecule has 0 aliphatic rings. The molecular weight excluding hydrogens is 347 g/mol. The number of hydrogen-bond acceptors (Lipinski definition) is 2. The van der Waals surface area contributed by atoms with Gasteiger partial charge in [0.2, 0.25) is 0 Å². The predicted molar refractivity (Wildman–Crippen MR) is 75.8 cm³/mol. The Labute approximate surface area is 127 Å². The number of hydrogen-bond donors (Lipinski definition) is 0. The number of methoxy groups -OCH3 is 1. The molecule has 2 aromatic rings. The van der Waals surface area contributed by atoms with Crippen LogP contribution in [0.2, 0.25) is 0 Å². The molecule has 0 aromatic heterocycles. The van der Waals surface area contributed by atoms with Crippen LogP contribution in [0.15, 0.2) is 40.9 Å². The Kier molecular flexibility index (Phi) is 4.24. The molecule has 108 valence electrons. The first-order valence-electron chi connectivity index (χ1n) is 5.82. The van der Waals surface area contributed by atoms with E-state index in [1.54, 1.807) is 30.3 Å². The Morgan fingerprint density at radius 1 is 1.14 bits per heavy atom. The number of nitriles is 1. The maximum atomic E-state index is 12.9. The van der Waals surface area contributed by atoms with Crippen LogP contribution in [0.4, 0.5) is 13.2 Å². The zero-order valence-electron chi connectivity index (χ0n) is 10.8. The van der Waals surface area contributed by atoms with Gasteiger partial charge in [-0.2, -0.15) is 18.4 Å². The minimum Gasteiger partial charge on any atom is -0.497 e. The molecular formula is C15H9BrF3NO. The van der Waals surface area contributed by atoms with Crippen LogP contribution in [0.3, 0.4) is 0 Å². The van der Waals surface area contributed by atoms with E-state index in [-0.39, 0.29) is 5.56 Å². The standard InChI is InChI=1S/C15H9BrF3NO/c1-21-12-4-2-9(3-5-12)13-7-11(15(17,18)19)6-10(8-20)14(13)16/h2-7H,1H3. The lowest BCUT2D eigenvalue weighted by atomic mass is 9.99. The van der Waals surface area contributed by atoms with Crippen LogP contribution < -0.4 is 4.74 Å². The van der Waals surface area contributed by atoms with E-state index >= 15 is 0 Å². The Balaban J connectivity index is 2.64. The van der Waals surface area contributed by atoms with Crippen molar-refractivity contribution < 1.29 is 17.9 Å². The summed E-state index contributed by atoms with van der Waals surface area (Å²) >= 11 is 3.19. The molecule has 0 amide bonds. The second kappa shape index (κ2) is 5.78. The third kappa shape index (κ3) is 3.19. The summed E-state index contributed by atoms with van der Waals surface area (Å²) in [5.74, 6) is 0.599. The van der Waals surface area contributed by atoms with Crippen molar-refractivity contribution in [3.63, 3.8) is 0 Å². The van der Waals surface area contributed by atoms with E-state index in [1.165, 1.54) is 7.11 Å². The quantitative estimate of drug-likeness (QED) is 0.757. The molecule has 0 N–H and O–H groups in total. The average molecular weight is 356 g/mol. The van der Waals surface area contributed by atoms with E-state index in [1.807, 2.05) is 0 Å². The number of halogens is 4. The largest absolute Gasteiger partial charge is 0.497 e. The number of alkyl halides is 3. The van der Waals surface area contributed by atoms with Crippen LogP contribution in [0.5, 0.6) is 5.75 Å². The summed E-state index contributed by atoms with van der Waals surface area (Å²) in [5, 5.41) is 8.99. The zero-order chi connectivity index (χ0) is 15.6. The molecule has 0 aliphatic heterocycles. The summed E-state index contributed by atoms with van der Waals surface area (Å²) in [6, 6.07) is 10.2. The highest BCUT2D eigenvalue weighted by atomic mass is 79.9. The summed E-state index contributed by atoms with van der Waals surface area (Å²) in [6.45, 7) is 0. The number of benzene rings is 2. The highest BCUT2D eigenvalue weighted by molar-refractivity contribution is 9.10. The van der Waals surface area contributed by atoms with Crippen LogP contribution >= 0.6 is 15.9 Å². The number of rotatable bonds is 2. The SMILES string of the molecule is COc1ccc(-c2cc(C(F)(F)F)cc(C#N)c2Br)cc1. The first-order valence-corrected chi connectivity index (χ1v) is 6.61. The smallest absolute Gasteiger partial charge is 0.416 e. The van der Waals surface area contributed by atoms with Gasteiger partial charge < -0.3 is 4.74 Å². The topological polar surface area (TPSA) is 33.0 Å². The van der Waals surface area contributed by atoms with Gasteiger partial charge >= 0.3 is 6.18 Å². The summed E-state index contributed by atoms with van der Waals surface area (Å²) in [6.07, 6.45) is -4.51. The Morgan fingerprint density at radius 3 is 2.24 bits per heavy atom. The van der Waals surface area contributed by atoms with Crippen molar-refractivity contribution >= 4 is 15.9 Å². The highest BCUT2D eigenvalue weighted by Gasteiger charge is 2.32. The van der Waals surface area contributed by atoms with Crippen molar-refractivity contribution in [3.8, 4) is 22.9 Å². The first-order chi connectivity index (χ1) is 9.86. The van der Waals surface area contributed by atoms with Gasteiger partial charge in [-0.05, 0) is 51.3 Å². The molecule has 0 heterocycles. The van der Waals surface area contributed by atoms with E-state index in [9.17, 15) is 13.2 Å². The Morgan fingerprint density at radius 2 is 1.76 bits per heavy atom. The van der Waals surface area contributed by atoms with Crippen molar-refractivity contribution in [2.24, 2.45) is 0 Å². The second-order valence-corrected chi connectivity index (χ2v) is 5.02. The second-order valence-electron chi connectivity index (χ2n) is 4.22. The third-order valence-corrected chi connectivity index (χ3v) is 3.78. The van der Waals surface area contributed by atoms with Gasteiger partial charge in [-0.25, -0.2) is 0 Å². The van der Waals surface area contributed by atoms with Crippen molar-refractivity contribution in [1.82, 2.24) is 0 Å². The molecule has 2 rings (SSSR count). The maximum Gasteiger partial charge on any atom is 0.416 e. The lowest BCUT2D eigenvalue weighted by Crippen LogP contribution is -2.06. The summed E-state index contributed by atoms with van der Waals surface area (Å²) in [7, 11) is 1.50. The zero-order valence-corrected chi connectivity index (χ0v) is 12.4. The van der Waals surface area contributed by atoms with Crippen molar-refractivity contribution in [2.75, 3.05) is 7.11 Å². The predicted octanol–water partition coefficient (Wildman–Crippen LogP) is 5.02. The fourth-order valence-electron chi connectivity index (χ4n) is 1.85. The van der Waals surface area contributed by atoms with Crippen molar-refractivity contribution in [3.05, 3.63) is 52.0 Å². The molecule has 0 aliphatic carbocycles. The molecule has 0 atom stereocenters. The lowest BCUT2D eigenvalue weighted by molar-refractivity contribution is -0.137. The molecule has 2 aromatic carbocycles. The third-order valence-electron chi connectivity index (χ3n) is 2.92.